The van der Waals surface area contributed by atoms with Crippen molar-refractivity contribution in [3.05, 3.63) is 17.5 Å². The van der Waals surface area contributed by atoms with E-state index < -0.39 is 0 Å². The van der Waals surface area contributed by atoms with Gasteiger partial charge in [-0.2, -0.15) is 0 Å². The summed E-state index contributed by atoms with van der Waals surface area (Å²) in [4.78, 5) is 8.72. The zero-order valence-corrected chi connectivity index (χ0v) is 10.3. The molecule has 0 unspecified atom stereocenters. The average molecular weight is 240 g/mol. The summed E-state index contributed by atoms with van der Waals surface area (Å²) < 4.78 is 4.94. The van der Waals surface area contributed by atoms with Gasteiger partial charge in [-0.3, -0.25) is 0 Å². The first kappa shape index (κ1) is 12.8. The van der Waals surface area contributed by atoms with Crippen molar-refractivity contribution in [3.8, 4) is 0 Å². The Balaban J connectivity index is 2.62. The topological polar surface area (TPSA) is 73.1 Å². The third-order valence-electron chi connectivity index (χ3n) is 1.92. The minimum Gasteiger partial charge on any atom is -0.388 e. The van der Waals surface area contributed by atoms with Crippen LogP contribution >= 0.6 is 12.2 Å². The molecule has 5 nitrogen and oxygen atoms in total. The van der Waals surface area contributed by atoms with Crippen molar-refractivity contribution in [2.45, 2.75) is 13.3 Å². The van der Waals surface area contributed by atoms with E-state index in [1.165, 1.54) is 0 Å². The number of aryl methyl sites for hydroxylation is 1. The quantitative estimate of drug-likeness (QED) is 0.568. The van der Waals surface area contributed by atoms with Crippen LogP contribution in [0.2, 0.25) is 0 Å². The highest BCUT2D eigenvalue weighted by molar-refractivity contribution is 7.80. The standard InChI is InChI=1S/C10H16N4OS/c1-7-6-8(9(11)16)14-10(13-7)12-4-3-5-15-2/h6H,3-5H2,1-2H3,(H2,11,16)(H,12,13,14). The van der Waals surface area contributed by atoms with E-state index in [9.17, 15) is 0 Å². The molecule has 0 aliphatic carbocycles. The molecule has 1 heterocycles. The van der Waals surface area contributed by atoms with Crippen molar-refractivity contribution in [2.24, 2.45) is 5.73 Å². The van der Waals surface area contributed by atoms with Gasteiger partial charge in [-0.05, 0) is 19.4 Å². The van der Waals surface area contributed by atoms with Crippen molar-refractivity contribution in [1.82, 2.24) is 9.97 Å². The average Bonchev–Trinajstić information content (AvgIpc) is 2.23. The maximum absolute atomic E-state index is 5.52. The maximum Gasteiger partial charge on any atom is 0.223 e. The predicted molar refractivity (Wildman–Crippen MR) is 67.6 cm³/mol. The summed E-state index contributed by atoms with van der Waals surface area (Å²) in [7, 11) is 1.67. The molecule has 16 heavy (non-hydrogen) atoms. The van der Waals surface area contributed by atoms with Crippen LogP contribution in [0.25, 0.3) is 0 Å². The van der Waals surface area contributed by atoms with E-state index in [1.807, 2.05) is 6.92 Å². The zero-order chi connectivity index (χ0) is 12.0. The molecule has 3 N–H and O–H groups in total. The van der Waals surface area contributed by atoms with E-state index in [1.54, 1.807) is 13.2 Å². The van der Waals surface area contributed by atoms with Gasteiger partial charge in [0.15, 0.2) is 0 Å². The molecule has 1 aromatic rings. The van der Waals surface area contributed by atoms with Gasteiger partial charge < -0.3 is 15.8 Å². The molecule has 0 saturated heterocycles. The molecule has 0 aromatic carbocycles. The molecule has 0 aliphatic heterocycles. The van der Waals surface area contributed by atoms with Crippen molar-refractivity contribution < 1.29 is 4.74 Å². The third kappa shape index (κ3) is 4.08. The van der Waals surface area contributed by atoms with Crippen molar-refractivity contribution in [3.63, 3.8) is 0 Å². The smallest absolute Gasteiger partial charge is 0.223 e. The second-order valence-electron chi connectivity index (χ2n) is 3.36. The molecule has 1 rings (SSSR count). The Morgan fingerprint density at radius 1 is 1.56 bits per heavy atom. The Kier molecular flexibility index (Phi) is 5.07. The van der Waals surface area contributed by atoms with Gasteiger partial charge in [0.2, 0.25) is 5.95 Å². The van der Waals surface area contributed by atoms with Crippen LogP contribution in [-0.4, -0.2) is 35.2 Å². The summed E-state index contributed by atoms with van der Waals surface area (Å²) in [6.45, 7) is 3.35. The number of aromatic nitrogens is 2. The normalized spacial score (nSPS) is 10.1. The Morgan fingerprint density at radius 2 is 2.31 bits per heavy atom. The lowest BCUT2D eigenvalue weighted by Gasteiger charge is -2.07. The summed E-state index contributed by atoms with van der Waals surface area (Å²) in [6.07, 6.45) is 0.899. The van der Waals surface area contributed by atoms with Gasteiger partial charge in [0.25, 0.3) is 0 Å². The highest BCUT2D eigenvalue weighted by Gasteiger charge is 2.03. The molecule has 0 radical (unpaired) electrons. The molecule has 88 valence electrons. The number of hydrogen-bond acceptors (Lipinski definition) is 5. The second kappa shape index (κ2) is 6.34. The fourth-order valence-electron chi connectivity index (χ4n) is 1.19. The minimum absolute atomic E-state index is 0.283. The molecular weight excluding hydrogens is 224 g/mol. The highest BCUT2D eigenvalue weighted by atomic mass is 32.1. The van der Waals surface area contributed by atoms with Crippen LogP contribution in [0.1, 0.15) is 17.8 Å². The van der Waals surface area contributed by atoms with Crippen molar-refractivity contribution >= 4 is 23.2 Å². The molecule has 0 atom stereocenters. The Bertz CT molecular complexity index is 370. The monoisotopic (exact) mass is 240 g/mol. The maximum atomic E-state index is 5.52. The number of thiocarbonyl (C=S) groups is 1. The molecule has 0 amide bonds. The summed E-state index contributed by atoms with van der Waals surface area (Å²) >= 11 is 4.88. The van der Waals surface area contributed by atoms with Gasteiger partial charge in [-0.1, -0.05) is 12.2 Å². The Labute approximate surface area is 100 Å². The lowest BCUT2D eigenvalue weighted by molar-refractivity contribution is 0.197. The van der Waals surface area contributed by atoms with E-state index in [0.29, 0.717) is 18.2 Å². The van der Waals surface area contributed by atoms with Crippen LogP contribution in [0.4, 0.5) is 5.95 Å². The second-order valence-corrected chi connectivity index (χ2v) is 3.80. The number of methoxy groups -OCH3 is 1. The molecule has 0 saturated carbocycles. The van der Waals surface area contributed by atoms with Gasteiger partial charge in [0, 0.05) is 26.0 Å². The van der Waals surface area contributed by atoms with Crippen molar-refractivity contribution in [2.75, 3.05) is 25.6 Å². The van der Waals surface area contributed by atoms with Gasteiger partial charge in [0.1, 0.15) is 10.7 Å². The first-order valence-corrected chi connectivity index (χ1v) is 5.42. The molecule has 0 bridgehead atoms. The van der Waals surface area contributed by atoms with Crippen LogP contribution in [0.5, 0.6) is 0 Å². The highest BCUT2D eigenvalue weighted by Crippen LogP contribution is 2.04. The van der Waals surface area contributed by atoms with E-state index in [0.717, 1.165) is 18.7 Å². The van der Waals surface area contributed by atoms with E-state index in [2.05, 4.69) is 15.3 Å². The molecule has 0 spiro atoms. The van der Waals surface area contributed by atoms with E-state index >= 15 is 0 Å². The molecule has 1 aromatic heterocycles. The largest absolute Gasteiger partial charge is 0.388 e. The first-order valence-electron chi connectivity index (χ1n) is 5.02. The first-order chi connectivity index (χ1) is 7.63. The van der Waals surface area contributed by atoms with E-state index in [-0.39, 0.29) is 4.99 Å². The number of nitrogens with zero attached hydrogens (tertiary/aromatic N) is 2. The summed E-state index contributed by atoms with van der Waals surface area (Å²) in [5, 5.41) is 3.10. The number of ether oxygens (including phenoxy) is 1. The van der Waals surface area contributed by atoms with Crippen LogP contribution in [0.3, 0.4) is 0 Å². The summed E-state index contributed by atoms with van der Waals surface area (Å²) in [6, 6.07) is 1.77. The molecule has 0 aliphatic rings. The van der Waals surface area contributed by atoms with Crippen LogP contribution in [0, 0.1) is 6.92 Å². The number of hydrogen-bond donors (Lipinski definition) is 2. The molecular formula is C10H16N4OS. The lowest BCUT2D eigenvalue weighted by atomic mass is 10.3. The predicted octanol–water partition coefficient (Wildman–Crippen LogP) is 0.868. The zero-order valence-electron chi connectivity index (χ0n) is 9.49. The van der Waals surface area contributed by atoms with Gasteiger partial charge in [0.05, 0.1) is 0 Å². The van der Waals surface area contributed by atoms with Crippen LogP contribution in [0.15, 0.2) is 6.07 Å². The number of rotatable bonds is 6. The third-order valence-corrected chi connectivity index (χ3v) is 2.12. The summed E-state index contributed by atoms with van der Waals surface area (Å²) in [5.41, 5.74) is 6.96. The van der Waals surface area contributed by atoms with Crippen molar-refractivity contribution in [1.29, 1.82) is 0 Å². The van der Waals surface area contributed by atoms with Gasteiger partial charge >= 0.3 is 0 Å². The Morgan fingerprint density at radius 3 is 2.94 bits per heavy atom. The number of anilines is 1. The minimum atomic E-state index is 0.283. The fourth-order valence-corrected chi connectivity index (χ4v) is 1.30. The fraction of sp³-hybridized carbons (Fsp3) is 0.500. The van der Waals surface area contributed by atoms with Gasteiger partial charge in [-0.25, -0.2) is 9.97 Å². The SMILES string of the molecule is COCCCNc1nc(C)cc(C(N)=S)n1. The van der Waals surface area contributed by atoms with Crippen LogP contribution in [-0.2, 0) is 4.74 Å². The van der Waals surface area contributed by atoms with Gasteiger partial charge in [-0.15, -0.1) is 0 Å². The number of nitrogens with two attached hydrogens (primary N) is 1. The summed E-state index contributed by atoms with van der Waals surface area (Å²) in [5.74, 6) is 0.555. The number of nitrogens with one attached hydrogen (secondary N) is 1. The molecule has 0 fully saturated rings. The Hall–Kier alpha value is -1.27. The van der Waals surface area contributed by atoms with Crippen LogP contribution < -0.4 is 11.1 Å². The van der Waals surface area contributed by atoms with E-state index in [4.69, 9.17) is 22.7 Å². The molecule has 6 heteroatoms. The lowest BCUT2D eigenvalue weighted by Crippen LogP contribution is -2.15.